The number of nitrogens with two attached hydrogens (primary N) is 1. The minimum Gasteiger partial charge on any atom is -0.490 e. The molecule has 0 aliphatic heterocycles. The second-order valence-electron chi connectivity index (χ2n) is 10.3. The van der Waals surface area contributed by atoms with E-state index in [1.54, 1.807) is 12.1 Å². The number of β-amino-alcohol motifs (C(OH)–C–C–N with tert-alkyl or cyclic N) is 1. The van der Waals surface area contributed by atoms with Gasteiger partial charge in [-0.2, -0.15) is 0 Å². The number of amides is 1. The summed E-state index contributed by atoms with van der Waals surface area (Å²) in [5.41, 5.74) is 8.50. The number of fused-ring (bicyclic) bond motifs is 3. The maximum absolute atomic E-state index is 11.2. The molecule has 0 fully saturated rings. The summed E-state index contributed by atoms with van der Waals surface area (Å²) in [5, 5.41) is 16.2. The Kier molecular flexibility index (Phi) is 7.49. The molecule has 5 aromatic rings. The van der Waals surface area contributed by atoms with Crippen LogP contribution in [0.4, 0.5) is 0 Å². The molecule has 0 saturated heterocycles. The highest BCUT2D eigenvalue weighted by atomic mass is 16.5. The molecule has 0 saturated carbocycles. The van der Waals surface area contributed by atoms with E-state index in [1.165, 1.54) is 6.20 Å². The lowest BCUT2D eigenvalue weighted by Crippen LogP contribution is -2.46. The third-order valence-corrected chi connectivity index (χ3v) is 6.55. The number of carbonyl (C=O) groups excluding carboxylic acids is 1. The number of para-hydroxylation sites is 1. The maximum Gasteiger partial charge on any atom is 0.250 e. The van der Waals surface area contributed by atoms with Crippen LogP contribution in [0.1, 0.15) is 29.8 Å². The van der Waals surface area contributed by atoms with Crippen molar-refractivity contribution in [2.24, 2.45) is 5.73 Å². The molecule has 200 valence electrons. The van der Waals surface area contributed by atoms with Gasteiger partial charge in [0.1, 0.15) is 24.2 Å². The van der Waals surface area contributed by atoms with Crippen LogP contribution in [-0.2, 0) is 6.42 Å². The van der Waals surface area contributed by atoms with Crippen LogP contribution in [0.25, 0.3) is 21.8 Å². The number of aromatic nitrogens is 2. The number of aliphatic hydroxyl groups is 1. The van der Waals surface area contributed by atoms with Gasteiger partial charge >= 0.3 is 0 Å². The number of aromatic amines is 1. The fourth-order valence-electron chi connectivity index (χ4n) is 4.58. The van der Waals surface area contributed by atoms with E-state index < -0.39 is 12.0 Å². The average Bonchev–Trinajstić information content (AvgIpc) is 3.31. The fourth-order valence-corrected chi connectivity index (χ4v) is 4.58. The quantitative estimate of drug-likeness (QED) is 0.189. The molecule has 2 heterocycles. The van der Waals surface area contributed by atoms with E-state index in [0.717, 1.165) is 39.5 Å². The zero-order chi connectivity index (χ0) is 27.4. The zero-order valence-corrected chi connectivity index (χ0v) is 22.0. The summed E-state index contributed by atoms with van der Waals surface area (Å²) in [6.07, 6.45) is 1.47. The Hall–Kier alpha value is -4.40. The predicted molar refractivity (Wildman–Crippen MR) is 152 cm³/mol. The van der Waals surface area contributed by atoms with Gasteiger partial charge in [0.15, 0.2) is 0 Å². The lowest BCUT2D eigenvalue weighted by atomic mass is 9.94. The van der Waals surface area contributed by atoms with E-state index in [2.05, 4.69) is 35.2 Å². The molecule has 0 aliphatic carbocycles. The molecule has 0 spiro atoms. The summed E-state index contributed by atoms with van der Waals surface area (Å²) in [6, 6.07) is 25.0. The van der Waals surface area contributed by atoms with Crippen molar-refractivity contribution >= 4 is 27.7 Å². The van der Waals surface area contributed by atoms with Crippen molar-refractivity contribution < 1.29 is 19.4 Å². The summed E-state index contributed by atoms with van der Waals surface area (Å²) >= 11 is 0. The molecule has 39 heavy (non-hydrogen) atoms. The highest BCUT2D eigenvalue weighted by molar-refractivity contribution is 6.10. The highest BCUT2D eigenvalue weighted by Crippen LogP contribution is 2.33. The van der Waals surface area contributed by atoms with E-state index >= 15 is 0 Å². The predicted octanol–water partition coefficient (Wildman–Crippen LogP) is 4.96. The first kappa shape index (κ1) is 26.2. The van der Waals surface area contributed by atoms with Crippen molar-refractivity contribution in [2.45, 2.75) is 31.9 Å². The van der Waals surface area contributed by atoms with Gasteiger partial charge in [0, 0.05) is 40.6 Å². The molecular weight excluding hydrogens is 504 g/mol. The van der Waals surface area contributed by atoms with E-state index in [9.17, 15) is 9.90 Å². The Morgan fingerprint density at radius 3 is 2.69 bits per heavy atom. The normalized spacial score (nSPS) is 12.5. The van der Waals surface area contributed by atoms with Crippen molar-refractivity contribution in [3.8, 4) is 17.4 Å². The Balaban J connectivity index is 1.13. The summed E-state index contributed by atoms with van der Waals surface area (Å²) in [7, 11) is 0. The maximum atomic E-state index is 11.2. The first-order chi connectivity index (χ1) is 18.8. The Labute approximate surface area is 226 Å². The molecule has 3 aromatic carbocycles. The van der Waals surface area contributed by atoms with Crippen molar-refractivity contribution in [3.63, 3.8) is 0 Å². The van der Waals surface area contributed by atoms with Crippen molar-refractivity contribution in [1.82, 2.24) is 15.3 Å². The second kappa shape index (κ2) is 11.1. The molecule has 0 aliphatic rings. The molecule has 1 atom stereocenters. The molecule has 0 radical (unpaired) electrons. The number of primary amides is 1. The topological polar surface area (TPSA) is 122 Å². The number of rotatable bonds is 11. The third-order valence-electron chi connectivity index (χ3n) is 6.55. The van der Waals surface area contributed by atoms with Gasteiger partial charge in [-0.15, -0.1) is 0 Å². The van der Waals surface area contributed by atoms with Gasteiger partial charge in [-0.05, 0) is 62.2 Å². The largest absolute Gasteiger partial charge is 0.490 e. The van der Waals surface area contributed by atoms with E-state index in [0.29, 0.717) is 23.7 Å². The number of hydrogen-bond donors (Lipinski definition) is 4. The molecule has 5 rings (SSSR count). The number of benzene rings is 3. The van der Waals surface area contributed by atoms with Gasteiger partial charge in [-0.25, -0.2) is 4.98 Å². The van der Waals surface area contributed by atoms with Crippen molar-refractivity contribution in [2.75, 3.05) is 13.2 Å². The SMILES string of the molecule is CC(C)(Cc1ccc(Oc2ccc(C(N)=O)cn2)cc1)NC[C@H](O)COc1cccc2[nH][14c]3[14cH][14cH][14cH][14cH][14c]3c12. The molecule has 8 heteroatoms. The Morgan fingerprint density at radius 1 is 1.15 bits per heavy atom. The Bertz CT molecular complexity index is 1580. The first-order valence-electron chi connectivity index (χ1n) is 12.9. The number of nitrogens with zero attached hydrogens (tertiary/aromatic N) is 1. The van der Waals surface area contributed by atoms with Gasteiger partial charge in [-0.1, -0.05) is 36.4 Å². The summed E-state index contributed by atoms with van der Waals surface area (Å²) in [4.78, 5) is 18.7. The number of carbonyl (C=O) groups is 1. The van der Waals surface area contributed by atoms with Gasteiger partial charge in [0.05, 0.1) is 11.1 Å². The van der Waals surface area contributed by atoms with Crippen LogP contribution in [0.2, 0.25) is 0 Å². The minimum atomic E-state index is -0.672. The minimum absolute atomic E-state index is 0.183. The second-order valence-corrected chi connectivity index (χ2v) is 10.3. The highest BCUT2D eigenvalue weighted by Gasteiger charge is 2.20. The third kappa shape index (κ3) is 6.37. The molecule has 0 bridgehead atoms. The average molecular weight is 537 g/mol. The monoisotopic (exact) mass is 536 g/mol. The van der Waals surface area contributed by atoms with Crippen LogP contribution in [0.3, 0.4) is 0 Å². The van der Waals surface area contributed by atoms with E-state index in [-0.39, 0.29) is 12.1 Å². The molecule has 8 nitrogen and oxygen atoms in total. The molecule has 1 amide bonds. The lowest BCUT2D eigenvalue weighted by molar-refractivity contribution is 0.0995. The van der Waals surface area contributed by atoms with Gasteiger partial charge in [0.25, 0.3) is 0 Å². The number of ether oxygens (including phenoxy) is 2. The molecular formula is C31H32N4O4. The number of nitrogens with one attached hydrogen (secondary N) is 2. The summed E-state index contributed by atoms with van der Waals surface area (Å²) < 4.78 is 11.8. The van der Waals surface area contributed by atoms with Gasteiger partial charge < -0.3 is 30.6 Å². The van der Waals surface area contributed by atoms with Crippen LogP contribution in [0, 0.1) is 0 Å². The van der Waals surface area contributed by atoms with Gasteiger partial charge in [-0.3, -0.25) is 4.79 Å². The molecule has 2 aromatic heterocycles. The number of H-pyrrole nitrogens is 1. The summed E-state index contributed by atoms with van der Waals surface area (Å²) in [5.74, 6) is 1.25. The Morgan fingerprint density at radius 2 is 1.95 bits per heavy atom. The van der Waals surface area contributed by atoms with Gasteiger partial charge in [0.2, 0.25) is 11.8 Å². The number of pyridine rings is 1. The number of aliphatic hydroxyl groups excluding tert-OH is 1. The van der Waals surface area contributed by atoms with Crippen LogP contribution >= 0.6 is 0 Å². The van der Waals surface area contributed by atoms with E-state index in [4.69, 9.17) is 15.2 Å². The van der Waals surface area contributed by atoms with Crippen molar-refractivity contribution in [1.29, 1.82) is 0 Å². The smallest absolute Gasteiger partial charge is 0.250 e. The fraction of sp³-hybridized carbons (Fsp3) is 0.226. The van der Waals surface area contributed by atoms with E-state index in [1.807, 2.05) is 60.7 Å². The number of hydrogen-bond acceptors (Lipinski definition) is 6. The molecule has 5 N–H and O–H groups in total. The standard InChI is InChI=1S/C31H32N4O4/c1-31(2,16-20-10-13-23(14-11-20)39-28-15-12-21(17-33-28)30(32)37)34-18-22(36)19-38-27-9-5-8-26-29(27)24-6-3-4-7-25(24)35-26/h3-15,17,22,34-36H,16,18-19H2,1-2H3,(H2,32,37)/t22-/m0/s1/i3+2,4+2,6+2,7+2,24+2,25+2. The zero-order valence-electron chi connectivity index (χ0n) is 22.0. The summed E-state index contributed by atoms with van der Waals surface area (Å²) in [6.45, 7) is 4.77. The van der Waals surface area contributed by atoms with Crippen LogP contribution in [-0.4, -0.2) is 45.8 Å². The molecule has 0 unspecified atom stereocenters. The first-order valence-corrected chi connectivity index (χ1v) is 12.9. The lowest BCUT2D eigenvalue weighted by Gasteiger charge is -2.28. The van der Waals surface area contributed by atoms with Crippen molar-refractivity contribution in [3.05, 3.63) is 96.2 Å². The van der Waals surface area contributed by atoms with Crippen LogP contribution < -0.4 is 20.5 Å². The van der Waals surface area contributed by atoms with Crippen LogP contribution in [0.15, 0.2) is 85.1 Å². The van der Waals surface area contributed by atoms with Crippen LogP contribution in [0.5, 0.6) is 17.4 Å².